The van der Waals surface area contributed by atoms with Crippen molar-refractivity contribution in [1.82, 2.24) is 19.7 Å². The zero-order chi connectivity index (χ0) is 41.9. The summed E-state index contributed by atoms with van der Waals surface area (Å²) >= 11 is 1.08. The highest BCUT2D eigenvalue weighted by Crippen LogP contribution is 2.41. The number of hydrogen-bond donors (Lipinski definition) is 5. The highest BCUT2D eigenvalue weighted by Gasteiger charge is 2.39. The standard InChI is InChI=1S/C41H54F2N6O7S/c1-41(2,3)37(33-19-27(29-20-28(42)13-14-30(29)43)23-47(33)22-26-11-7-6-8-12-26)48(36(52)24-50)18-15-31(44)38(53)46-16-9-4-5-10-17-49-35(51)21-34(39(49)54)57-25-32(45)40(55)56/h6-8,11-14,19-20,23,31-32,34,37,50H,4-5,9-10,15-18,21-22,24-25,44-45H2,1-3H3,(H,46,53)(H,55,56)/t31-,32-,34?,37-/m0/s1. The molecule has 4 rings (SSSR count). The van der Waals surface area contributed by atoms with Gasteiger partial charge in [0.2, 0.25) is 23.6 Å². The van der Waals surface area contributed by atoms with Crippen LogP contribution in [0.4, 0.5) is 8.78 Å². The first-order chi connectivity index (χ1) is 27.0. The third-order valence-corrected chi connectivity index (χ3v) is 11.2. The fourth-order valence-electron chi connectivity index (χ4n) is 6.91. The van der Waals surface area contributed by atoms with E-state index in [0.29, 0.717) is 50.0 Å². The second-order valence-electron chi connectivity index (χ2n) is 15.4. The van der Waals surface area contributed by atoms with Crippen molar-refractivity contribution in [3.63, 3.8) is 0 Å². The molecule has 1 saturated heterocycles. The molecule has 2 aromatic carbocycles. The Morgan fingerprint density at radius 1 is 1.00 bits per heavy atom. The van der Waals surface area contributed by atoms with E-state index in [9.17, 15) is 33.5 Å². The van der Waals surface area contributed by atoms with Crippen molar-refractivity contribution in [2.24, 2.45) is 16.9 Å². The highest BCUT2D eigenvalue weighted by atomic mass is 32.2. The minimum absolute atomic E-state index is 0.0193. The normalized spacial score (nSPS) is 16.1. The summed E-state index contributed by atoms with van der Waals surface area (Å²) in [6.45, 7) is 5.99. The number of nitrogens with two attached hydrogens (primary N) is 2. The topological polar surface area (TPSA) is 201 Å². The largest absolute Gasteiger partial charge is 0.480 e. The van der Waals surface area contributed by atoms with Crippen LogP contribution in [0, 0.1) is 17.0 Å². The first-order valence-electron chi connectivity index (χ1n) is 19.1. The molecule has 1 aliphatic heterocycles. The maximum Gasteiger partial charge on any atom is 0.321 e. The van der Waals surface area contributed by atoms with Crippen molar-refractivity contribution in [2.45, 2.75) is 89.2 Å². The quantitative estimate of drug-likeness (QED) is 0.0772. The molecule has 4 atom stereocenters. The van der Waals surface area contributed by atoms with Gasteiger partial charge in [-0.05, 0) is 54.5 Å². The molecule has 0 spiro atoms. The van der Waals surface area contributed by atoms with Crippen molar-refractivity contribution in [2.75, 3.05) is 32.0 Å². The van der Waals surface area contributed by atoms with Gasteiger partial charge in [-0.2, -0.15) is 0 Å². The zero-order valence-electron chi connectivity index (χ0n) is 32.7. The van der Waals surface area contributed by atoms with Gasteiger partial charge in [-0.15, -0.1) is 11.8 Å². The Balaban J connectivity index is 1.35. The minimum atomic E-state index is -1.17. The molecule has 2 heterocycles. The molecule has 1 fully saturated rings. The number of benzene rings is 2. The number of aromatic nitrogens is 1. The van der Waals surface area contributed by atoms with Crippen LogP contribution in [0.2, 0.25) is 0 Å². The molecule has 1 aliphatic rings. The van der Waals surface area contributed by atoms with Gasteiger partial charge >= 0.3 is 5.97 Å². The van der Waals surface area contributed by atoms with Crippen LogP contribution in [-0.2, 0) is 30.5 Å². The molecule has 57 heavy (non-hydrogen) atoms. The molecular weight excluding hydrogens is 759 g/mol. The Kier molecular flexibility index (Phi) is 16.4. The Hall–Kier alpha value is -4.64. The number of halogens is 2. The van der Waals surface area contributed by atoms with E-state index in [4.69, 9.17) is 16.6 Å². The Labute approximate surface area is 336 Å². The van der Waals surface area contributed by atoms with Gasteiger partial charge < -0.3 is 36.5 Å². The molecule has 0 aliphatic carbocycles. The number of nitrogens with zero attached hydrogens (tertiary/aromatic N) is 3. The monoisotopic (exact) mass is 812 g/mol. The van der Waals surface area contributed by atoms with E-state index in [0.717, 1.165) is 35.5 Å². The van der Waals surface area contributed by atoms with E-state index in [1.807, 2.05) is 55.7 Å². The van der Waals surface area contributed by atoms with Crippen LogP contribution in [0.25, 0.3) is 11.1 Å². The number of aliphatic carboxylic acids is 1. The molecule has 310 valence electrons. The summed E-state index contributed by atoms with van der Waals surface area (Å²) in [5.41, 5.74) is 13.3. The number of hydrogen-bond acceptors (Lipinski definition) is 9. The fraction of sp³-hybridized carbons (Fsp3) is 0.488. The summed E-state index contributed by atoms with van der Waals surface area (Å²) < 4.78 is 31.2. The number of rotatable bonds is 21. The number of aliphatic hydroxyl groups excluding tert-OH is 1. The number of carbonyl (C=O) groups is 5. The fourth-order valence-corrected chi connectivity index (χ4v) is 8.02. The number of imide groups is 1. The maximum atomic E-state index is 15.0. The average molecular weight is 813 g/mol. The number of aliphatic hydroxyl groups is 1. The number of thioether (sulfide) groups is 1. The number of nitrogens with one attached hydrogen (secondary N) is 1. The van der Waals surface area contributed by atoms with E-state index in [1.54, 1.807) is 12.3 Å². The predicted octanol–water partition coefficient (Wildman–Crippen LogP) is 4.06. The highest BCUT2D eigenvalue weighted by molar-refractivity contribution is 8.00. The summed E-state index contributed by atoms with van der Waals surface area (Å²) in [6, 6.07) is 11.8. The molecule has 1 unspecified atom stereocenters. The number of carboxylic acid groups (broad SMARTS) is 1. The van der Waals surface area contributed by atoms with Crippen LogP contribution in [0.3, 0.4) is 0 Å². The van der Waals surface area contributed by atoms with Crippen LogP contribution in [-0.4, -0.2) is 104 Å². The molecule has 13 nitrogen and oxygen atoms in total. The van der Waals surface area contributed by atoms with E-state index in [2.05, 4.69) is 5.32 Å². The zero-order valence-corrected chi connectivity index (χ0v) is 33.5. The average Bonchev–Trinajstić information content (AvgIpc) is 3.69. The number of amides is 4. The second-order valence-corrected chi connectivity index (χ2v) is 16.6. The molecule has 7 N–H and O–H groups in total. The lowest BCUT2D eigenvalue weighted by Gasteiger charge is -2.41. The summed E-state index contributed by atoms with van der Waals surface area (Å²) in [7, 11) is 0. The van der Waals surface area contributed by atoms with Gasteiger partial charge in [0.1, 0.15) is 24.3 Å². The van der Waals surface area contributed by atoms with E-state index >= 15 is 4.39 Å². The summed E-state index contributed by atoms with van der Waals surface area (Å²) in [5.74, 6) is -3.94. The lowest BCUT2D eigenvalue weighted by atomic mass is 9.82. The van der Waals surface area contributed by atoms with Crippen molar-refractivity contribution < 1.29 is 43.0 Å². The molecule has 1 aromatic heterocycles. The second kappa shape index (κ2) is 20.7. The Morgan fingerprint density at radius 3 is 2.37 bits per heavy atom. The van der Waals surface area contributed by atoms with E-state index < -0.39 is 64.8 Å². The van der Waals surface area contributed by atoms with Crippen molar-refractivity contribution in [1.29, 1.82) is 0 Å². The number of likely N-dealkylation sites (tertiary alicyclic amines) is 1. The van der Waals surface area contributed by atoms with Crippen LogP contribution in [0.15, 0.2) is 60.8 Å². The van der Waals surface area contributed by atoms with Gasteiger partial charge in [-0.25, -0.2) is 8.78 Å². The van der Waals surface area contributed by atoms with Crippen molar-refractivity contribution in [3.8, 4) is 11.1 Å². The lowest BCUT2D eigenvalue weighted by Crippen LogP contribution is -2.47. The molecular formula is C41H54F2N6O7S. The molecule has 16 heteroatoms. The molecule has 0 radical (unpaired) electrons. The predicted molar refractivity (Wildman–Crippen MR) is 214 cm³/mol. The van der Waals surface area contributed by atoms with Gasteiger partial charge in [-0.3, -0.25) is 28.9 Å². The van der Waals surface area contributed by atoms with Gasteiger partial charge in [0.05, 0.1) is 17.3 Å². The molecule has 0 saturated carbocycles. The number of carboxylic acids is 1. The third-order valence-electron chi connectivity index (χ3n) is 9.86. The first kappa shape index (κ1) is 45.1. The minimum Gasteiger partial charge on any atom is -0.480 e. The van der Waals surface area contributed by atoms with Gasteiger partial charge in [-0.1, -0.05) is 63.9 Å². The van der Waals surface area contributed by atoms with Gasteiger partial charge in [0.25, 0.3) is 0 Å². The number of carbonyl (C=O) groups excluding carboxylic acids is 4. The summed E-state index contributed by atoms with van der Waals surface area (Å²) in [4.78, 5) is 65.2. The molecule has 4 amide bonds. The molecule has 0 bridgehead atoms. The summed E-state index contributed by atoms with van der Waals surface area (Å²) in [6.07, 6.45) is 4.44. The van der Waals surface area contributed by atoms with Crippen molar-refractivity contribution in [3.05, 3.63) is 83.7 Å². The van der Waals surface area contributed by atoms with Gasteiger partial charge in [0, 0.05) is 61.4 Å². The first-order valence-corrected chi connectivity index (χ1v) is 20.1. The van der Waals surface area contributed by atoms with Crippen LogP contribution < -0.4 is 16.8 Å². The van der Waals surface area contributed by atoms with Crippen LogP contribution in [0.1, 0.15) is 76.6 Å². The summed E-state index contributed by atoms with van der Waals surface area (Å²) in [5, 5.41) is 21.2. The third kappa shape index (κ3) is 12.4. The van der Waals surface area contributed by atoms with Crippen LogP contribution in [0.5, 0.6) is 0 Å². The van der Waals surface area contributed by atoms with Crippen LogP contribution >= 0.6 is 11.8 Å². The van der Waals surface area contributed by atoms with Gasteiger partial charge in [0.15, 0.2) is 0 Å². The Morgan fingerprint density at radius 2 is 1.70 bits per heavy atom. The van der Waals surface area contributed by atoms with E-state index in [-0.39, 0.29) is 49.1 Å². The number of unbranched alkanes of at least 4 members (excludes halogenated alkanes) is 3. The molecule has 3 aromatic rings. The van der Waals surface area contributed by atoms with E-state index in [1.165, 1.54) is 9.80 Å². The van der Waals surface area contributed by atoms with Crippen molar-refractivity contribution >= 4 is 41.4 Å². The lowest BCUT2D eigenvalue weighted by molar-refractivity contribution is -0.140. The maximum absolute atomic E-state index is 15.0. The SMILES string of the molecule is CC(C)(C)[C@H](c1cc(-c2cc(F)ccc2F)cn1Cc1ccccc1)N(CC[C@H](N)C(=O)NCCCCCCN1C(=O)CC(SC[C@H](N)C(=O)O)C1=O)C(=O)CO. The smallest absolute Gasteiger partial charge is 0.321 e. The Bertz CT molecular complexity index is 1870.